The minimum atomic E-state index is 0. The zero-order valence-corrected chi connectivity index (χ0v) is 33.1. The van der Waals surface area contributed by atoms with Crippen molar-refractivity contribution in [2.45, 2.75) is 0 Å². The van der Waals surface area contributed by atoms with Crippen molar-refractivity contribution in [2.75, 3.05) is 0 Å². The smallest absolute Gasteiger partial charge is 0.509 e. The van der Waals surface area contributed by atoms with Gasteiger partial charge in [-0.1, -0.05) is 113 Å². The van der Waals surface area contributed by atoms with E-state index in [9.17, 15) is 0 Å². The second-order valence-corrected chi connectivity index (χ2v) is 13.9. The first kappa shape index (κ1) is 35.2. The molecule has 1 aliphatic heterocycles. The average Bonchev–Trinajstić information content (AvgIpc) is 3.83. The predicted octanol–water partition coefficient (Wildman–Crippen LogP) is 12.3. The van der Waals surface area contributed by atoms with Crippen molar-refractivity contribution < 1.29 is 25.8 Å². The molecule has 0 radical (unpaired) electrons. The fourth-order valence-corrected chi connectivity index (χ4v) is 7.99. The van der Waals surface area contributed by atoms with Crippen LogP contribution in [0.3, 0.4) is 0 Å². The number of pyridine rings is 2. The molecule has 4 heterocycles. The van der Waals surface area contributed by atoms with Gasteiger partial charge in [0.1, 0.15) is 11.5 Å². The van der Waals surface area contributed by atoms with Gasteiger partial charge in [-0.15, -0.1) is 23.6 Å². The number of rotatable bonds is 7. The third-order valence-electron chi connectivity index (χ3n) is 10.5. The molecule has 3 aromatic heterocycles. The van der Waals surface area contributed by atoms with Gasteiger partial charge in [0.25, 0.3) is 5.69 Å². The summed E-state index contributed by atoms with van der Waals surface area (Å²) in [7, 11) is 0. The van der Waals surface area contributed by atoms with Crippen LogP contribution in [0.2, 0.25) is 0 Å². The number of hydrogen-bond donors (Lipinski definition) is 0. The van der Waals surface area contributed by atoms with E-state index in [2.05, 4.69) is 163 Å². The van der Waals surface area contributed by atoms with Gasteiger partial charge >= 0.3 is 32.8 Å². The third kappa shape index (κ3) is 5.95. The summed E-state index contributed by atoms with van der Waals surface area (Å²) in [6.45, 7) is 0. The van der Waals surface area contributed by atoms with Crippen LogP contribution in [-0.2, 0) is 21.1 Å². The van der Waals surface area contributed by atoms with Crippen LogP contribution in [0.5, 0.6) is 11.5 Å². The molecule has 11 rings (SSSR count). The van der Waals surface area contributed by atoms with Crippen molar-refractivity contribution in [2.24, 2.45) is 0 Å². The van der Waals surface area contributed by atoms with Crippen LogP contribution in [0, 0.1) is 12.1 Å². The summed E-state index contributed by atoms with van der Waals surface area (Å²) in [6, 6.07) is 69.4. The second kappa shape index (κ2) is 14.7. The van der Waals surface area contributed by atoms with Gasteiger partial charge in [0, 0.05) is 41.7 Å². The molecule has 10 aromatic rings. The molecule has 58 heavy (non-hydrogen) atoms. The average molecular weight is 925 g/mol. The monoisotopic (exact) mass is 924 g/mol. The Hall–Kier alpha value is -7.23. The number of benzene rings is 7. The SMILES string of the molecule is C1=[N+](c2[c-]c(Oc3[c-]c4c(cc3)c3cnccc3n4-c3ccccn3)ccc2)c2ccc3ccccc3c2[N+]=1c1c(-c2ccccc2)cccc1-c1ccccc1.[Pt+2]. The molecule has 0 saturated carbocycles. The van der Waals surface area contributed by atoms with Gasteiger partial charge in [-0.2, -0.15) is 12.1 Å². The van der Waals surface area contributed by atoms with Crippen molar-refractivity contribution in [1.82, 2.24) is 23.7 Å². The summed E-state index contributed by atoms with van der Waals surface area (Å²) in [5.41, 5.74) is 10.2. The topological polar surface area (TPSA) is 46.0 Å². The van der Waals surface area contributed by atoms with E-state index in [1.54, 1.807) is 12.4 Å². The van der Waals surface area contributed by atoms with Gasteiger partial charge in [0.2, 0.25) is 5.69 Å². The summed E-state index contributed by atoms with van der Waals surface area (Å²) in [5, 5.41) is 4.31. The molecular weight excluding hydrogens is 894 g/mol. The van der Waals surface area contributed by atoms with E-state index in [-0.39, 0.29) is 21.1 Å². The van der Waals surface area contributed by atoms with Crippen molar-refractivity contribution in [1.29, 1.82) is 0 Å². The molecule has 0 spiro atoms. The third-order valence-corrected chi connectivity index (χ3v) is 10.5. The van der Waals surface area contributed by atoms with E-state index in [4.69, 9.17) is 4.74 Å². The number of aromatic nitrogens is 3. The standard InChI is InChI=1S/C51H31N5O.Pt/c1-3-13-35(14-4-1)41-21-12-22-42(36-15-5-2-6-16-36)50(41)55-34-54(47-27-24-37-17-7-8-20-43(37)51(47)55)38-18-11-19-39(31-38)57-40-25-26-44-45-33-52-30-28-46(45)56(48(44)32-40)49-23-9-10-29-53-49;/h1-30,33H;/q;+2. The Morgan fingerprint density at radius 3 is 2.03 bits per heavy atom. The van der Waals surface area contributed by atoms with Crippen molar-refractivity contribution >= 4 is 61.3 Å². The summed E-state index contributed by atoms with van der Waals surface area (Å²) >= 11 is 0. The minimum absolute atomic E-state index is 0. The van der Waals surface area contributed by atoms with E-state index >= 15 is 0 Å². The molecule has 7 heteroatoms. The molecule has 0 amide bonds. The predicted molar refractivity (Wildman–Crippen MR) is 230 cm³/mol. The van der Waals surface area contributed by atoms with E-state index in [0.717, 1.165) is 83.4 Å². The first-order valence-electron chi connectivity index (χ1n) is 18.8. The second-order valence-electron chi connectivity index (χ2n) is 13.9. The number of ether oxygens (including phenoxy) is 1. The first-order chi connectivity index (χ1) is 28.3. The molecule has 1 aliphatic rings. The number of fused-ring (bicyclic) bond motifs is 6. The van der Waals surface area contributed by atoms with Crippen molar-refractivity contribution in [3.05, 3.63) is 201 Å². The number of hydrogen-bond acceptors (Lipinski definition) is 3. The van der Waals surface area contributed by atoms with Gasteiger partial charge in [-0.25, -0.2) is 4.98 Å². The Morgan fingerprint density at radius 1 is 0.534 bits per heavy atom. The fraction of sp³-hybridized carbons (Fsp3) is 0. The molecule has 0 fully saturated rings. The van der Waals surface area contributed by atoms with Gasteiger partial charge in [-0.05, 0) is 68.9 Å². The molecule has 6 nitrogen and oxygen atoms in total. The van der Waals surface area contributed by atoms with Gasteiger partial charge in [0.15, 0.2) is 0 Å². The fourth-order valence-electron chi connectivity index (χ4n) is 7.99. The Bertz CT molecular complexity index is 3190. The maximum atomic E-state index is 6.57. The van der Waals surface area contributed by atoms with Crippen molar-refractivity contribution in [3.8, 4) is 39.6 Å². The number of nitrogens with zero attached hydrogens (tertiary/aromatic N) is 5. The van der Waals surface area contributed by atoms with Crippen LogP contribution in [0.25, 0.3) is 60.6 Å². The zero-order valence-electron chi connectivity index (χ0n) is 30.9. The molecule has 0 bridgehead atoms. The summed E-state index contributed by atoms with van der Waals surface area (Å²) in [5.74, 6) is 1.92. The molecule has 7 aromatic carbocycles. The minimum Gasteiger partial charge on any atom is -0.509 e. The van der Waals surface area contributed by atoms with Gasteiger partial charge in [-0.3, -0.25) is 4.98 Å². The van der Waals surface area contributed by atoms with Crippen LogP contribution >= 0.6 is 0 Å². The van der Waals surface area contributed by atoms with Crippen LogP contribution in [0.4, 0.5) is 22.7 Å². The normalized spacial score (nSPS) is 11.9. The van der Waals surface area contributed by atoms with E-state index in [1.165, 1.54) is 0 Å². The molecule has 0 aliphatic carbocycles. The Labute approximate surface area is 349 Å². The quantitative estimate of drug-likeness (QED) is 0.118. The molecular formula is C51H31N5OPt+2. The molecule has 0 N–H and O–H groups in total. The number of para-hydroxylation sites is 1. The van der Waals surface area contributed by atoms with Crippen LogP contribution in [0.1, 0.15) is 0 Å². The maximum absolute atomic E-state index is 6.57. The van der Waals surface area contributed by atoms with E-state index in [1.807, 2.05) is 54.7 Å². The molecule has 0 unspecified atom stereocenters. The molecule has 0 atom stereocenters. The maximum Gasteiger partial charge on any atom is 2.00 e. The van der Waals surface area contributed by atoms with Crippen LogP contribution < -0.4 is 13.9 Å². The molecule has 274 valence electrons. The van der Waals surface area contributed by atoms with Crippen molar-refractivity contribution in [3.63, 3.8) is 0 Å². The Balaban J connectivity index is 0.00000408. The van der Waals surface area contributed by atoms with Crippen LogP contribution in [-0.4, -0.2) is 20.5 Å². The first-order valence-corrected chi connectivity index (χ1v) is 18.8. The summed E-state index contributed by atoms with van der Waals surface area (Å²) < 4.78 is 13.0. The zero-order chi connectivity index (χ0) is 37.7. The largest absolute Gasteiger partial charge is 2.00 e. The van der Waals surface area contributed by atoms with E-state index < -0.39 is 0 Å². The summed E-state index contributed by atoms with van der Waals surface area (Å²) in [4.78, 5) is 9.07. The van der Waals surface area contributed by atoms with Crippen LogP contribution in [0.15, 0.2) is 188 Å². The Morgan fingerprint density at radius 2 is 1.26 bits per heavy atom. The van der Waals surface area contributed by atoms with Gasteiger partial charge in [0.05, 0.1) is 16.5 Å². The van der Waals surface area contributed by atoms with Gasteiger partial charge < -0.3 is 9.30 Å². The summed E-state index contributed by atoms with van der Waals surface area (Å²) in [6.07, 6.45) is 5.49. The molecule has 0 saturated heterocycles. The van der Waals surface area contributed by atoms with E-state index in [0.29, 0.717) is 11.5 Å². The Kier molecular flexibility index (Phi) is 8.91.